The summed E-state index contributed by atoms with van der Waals surface area (Å²) in [6.45, 7) is 3.78. The van der Waals surface area contributed by atoms with Gasteiger partial charge in [0.15, 0.2) is 11.5 Å². The number of hydrogen-bond acceptors (Lipinski definition) is 5. The van der Waals surface area contributed by atoms with Crippen LogP contribution in [0.15, 0.2) is 42.5 Å². The Hall–Kier alpha value is -3.06. The maximum absolute atomic E-state index is 12.8. The summed E-state index contributed by atoms with van der Waals surface area (Å²) in [6, 6.07) is 12.4. The van der Waals surface area contributed by atoms with Gasteiger partial charge in [-0.15, -0.1) is 0 Å². The standard InChI is InChI=1S/C23H26N2O5/c1-15(16-8-9-19-21(14-16)30-12-4-11-28-19)24-22(26)17-5-2-6-18(13-17)25-23(27)20-7-3-10-29-20/h2,5-6,8-9,13-15,20H,3-4,7,10-12H2,1H3,(H,24,26)(H,25,27). The van der Waals surface area contributed by atoms with Gasteiger partial charge in [0.25, 0.3) is 11.8 Å². The summed E-state index contributed by atoms with van der Waals surface area (Å²) in [6.07, 6.45) is 2.04. The molecule has 2 N–H and O–H groups in total. The smallest absolute Gasteiger partial charge is 0.253 e. The summed E-state index contributed by atoms with van der Waals surface area (Å²) in [5, 5.41) is 5.83. The number of ether oxygens (including phenoxy) is 3. The van der Waals surface area contributed by atoms with Gasteiger partial charge in [-0.3, -0.25) is 9.59 Å². The highest BCUT2D eigenvalue weighted by molar-refractivity contribution is 5.98. The first-order chi connectivity index (χ1) is 14.6. The van der Waals surface area contributed by atoms with Gasteiger partial charge in [-0.05, 0) is 55.7 Å². The number of amides is 2. The topological polar surface area (TPSA) is 85.9 Å². The molecule has 2 atom stereocenters. The van der Waals surface area contributed by atoms with E-state index in [0.717, 1.165) is 30.6 Å². The molecule has 2 aliphatic heterocycles. The molecule has 0 aliphatic carbocycles. The van der Waals surface area contributed by atoms with Crippen LogP contribution in [0.25, 0.3) is 0 Å². The normalized spacial score (nSPS) is 18.9. The van der Waals surface area contributed by atoms with Crippen molar-refractivity contribution in [3.8, 4) is 11.5 Å². The maximum Gasteiger partial charge on any atom is 0.253 e. The monoisotopic (exact) mass is 410 g/mol. The number of anilines is 1. The summed E-state index contributed by atoms with van der Waals surface area (Å²) >= 11 is 0. The van der Waals surface area contributed by atoms with Gasteiger partial charge in [0, 0.05) is 24.3 Å². The predicted octanol–water partition coefficient (Wildman–Crippen LogP) is 3.46. The van der Waals surface area contributed by atoms with Crippen LogP contribution in [0.4, 0.5) is 5.69 Å². The summed E-state index contributed by atoms with van der Waals surface area (Å²) in [4.78, 5) is 25.0. The van der Waals surface area contributed by atoms with Gasteiger partial charge < -0.3 is 24.8 Å². The Balaban J connectivity index is 1.41. The fourth-order valence-electron chi connectivity index (χ4n) is 3.56. The quantitative estimate of drug-likeness (QED) is 0.789. The van der Waals surface area contributed by atoms with E-state index in [-0.39, 0.29) is 17.9 Å². The highest BCUT2D eigenvalue weighted by Gasteiger charge is 2.24. The van der Waals surface area contributed by atoms with Gasteiger partial charge in [0.05, 0.1) is 19.3 Å². The fourth-order valence-corrected chi connectivity index (χ4v) is 3.56. The summed E-state index contributed by atoms with van der Waals surface area (Å²) < 4.78 is 16.8. The lowest BCUT2D eigenvalue weighted by atomic mass is 10.1. The van der Waals surface area contributed by atoms with Crippen molar-refractivity contribution in [3.63, 3.8) is 0 Å². The second-order valence-corrected chi connectivity index (χ2v) is 7.52. The van der Waals surface area contributed by atoms with Crippen molar-refractivity contribution in [2.75, 3.05) is 25.1 Å². The molecule has 7 nitrogen and oxygen atoms in total. The van der Waals surface area contributed by atoms with E-state index in [0.29, 0.717) is 36.8 Å². The Morgan fingerprint density at radius 2 is 1.83 bits per heavy atom. The molecule has 2 amide bonds. The Labute approximate surface area is 175 Å². The minimum Gasteiger partial charge on any atom is -0.490 e. The maximum atomic E-state index is 12.8. The predicted molar refractivity (Wildman–Crippen MR) is 112 cm³/mol. The zero-order chi connectivity index (χ0) is 20.9. The van der Waals surface area contributed by atoms with Crippen LogP contribution in [0, 0.1) is 0 Å². The molecule has 4 rings (SSSR count). The molecule has 2 unspecified atom stereocenters. The van der Waals surface area contributed by atoms with E-state index in [1.165, 1.54) is 0 Å². The van der Waals surface area contributed by atoms with Crippen LogP contribution < -0.4 is 20.1 Å². The lowest BCUT2D eigenvalue weighted by molar-refractivity contribution is -0.124. The molecule has 0 bridgehead atoms. The fraction of sp³-hybridized carbons (Fsp3) is 0.391. The lowest BCUT2D eigenvalue weighted by Crippen LogP contribution is -2.28. The molecule has 0 radical (unpaired) electrons. The van der Waals surface area contributed by atoms with Crippen LogP contribution in [0.2, 0.25) is 0 Å². The van der Waals surface area contributed by atoms with Gasteiger partial charge in [0.2, 0.25) is 0 Å². The molecule has 0 saturated carbocycles. The van der Waals surface area contributed by atoms with Crippen molar-refractivity contribution in [1.82, 2.24) is 5.32 Å². The van der Waals surface area contributed by atoms with Gasteiger partial charge in [-0.1, -0.05) is 12.1 Å². The number of rotatable bonds is 5. The number of fused-ring (bicyclic) bond motifs is 1. The molecule has 0 spiro atoms. The van der Waals surface area contributed by atoms with E-state index >= 15 is 0 Å². The first-order valence-corrected chi connectivity index (χ1v) is 10.3. The largest absolute Gasteiger partial charge is 0.490 e. The minimum absolute atomic E-state index is 0.175. The number of benzene rings is 2. The third-order valence-corrected chi connectivity index (χ3v) is 5.23. The van der Waals surface area contributed by atoms with Crippen molar-refractivity contribution >= 4 is 17.5 Å². The molecular weight excluding hydrogens is 384 g/mol. The van der Waals surface area contributed by atoms with Gasteiger partial charge in [0.1, 0.15) is 6.10 Å². The second-order valence-electron chi connectivity index (χ2n) is 7.52. The molecule has 1 fully saturated rings. The minimum atomic E-state index is -0.415. The van der Waals surface area contributed by atoms with E-state index in [1.54, 1.807) is 24.3 Å². The van der Waals surface area contributed by atoms with E-state index in [4.69, 9.17) is 14.2 Å². The number of carbonyl (C=O) groups excluding carboxylic acids is 2. The van der Waals surface area contributed by atoms with E-state index in [2.05, 4.69) is 10.6 Å². The van der Waals surface area contributed by atoms with Crippen LogP contribution in [0.5, 0.6) is 11.5 Å². The van der Waals surface area contributed by atoms with Crippen molar-refractivity contribution in [1.29, 1.82) is 0 Å². The van der Waals surface area contributed by atoms with Gasteiger partial charge >= 0.3 is 0 Å². The highest BCUT2D eigenvalue weighted by Crippen LogP contribution is 2.32. The summed E-state index contributed by atoms with van der Waals surface area (Å²) in [7, 11) is 0. The first-order valence-electron chi connectivity index (χ1n) is 10.3. The Kier molecular flexibility index (Phi) is 6.18. The van der Waals surface area contributed by atoms with Crippen LogP contribution >= 0.6 is 0 Å². The lowest BCUT2D eigenvalue weighted by Gasteiger charge is -2.17. The Morgan fingerprint density at radius 3 is 2.63 bits per heavy atom. The molecule has 0 aromatic heterocycles. The van der Waals surface area contributed by atoms with Crippen LogP contribution in [-0.4, -0.2) is 37.7 Å². The SMILES string of the molecule is CC(NC(=O)c1cccc(NC(=O)C2CCCO2)c1)c1ccc2c(c1)OCCCO2. The molecule has 2 aromatic rings. The van der Waals surface area contributed by atoms with Crippen molar-refractivity contribution < 1.29 is 23.8 Å². The molecule has 1 saturated heterocycles. The molecule has 30 heavy (non-hydrogen) atoms. The zero-order valence-electron chi connectivity index (χ0n) is 17.0. The second kappa shape index (κ2) is 9.17. The van der Waals surface area contributed by atoms with Crippen LogP contribution in [-0.2, 0) is 9.53 Å². The van der Waals surface area contributed by atoms with Crippen molar-refractivity contribution in [2.24, 2.45) is 0 Å². The molecule has 158 valence electrons. The van der Waals surface area contributed by atoms with Gasteiger partial charge in [-0.25, -0.2) is 0 Å². The number of nitrogens with one attached hydrogen (secondary N) is 2. The third kappa shape index (κ3) is 4.74. The van der Waals surface area contributed by atoms with E-state index in [9.17, 15) is 9.59 Å². The average molecular weight is 410 g/mol. The Morgan fingerprint density at radius 1 is 1.00 bits per heavy atom. The van der Waals surface area contributed by atoms with E-state index in [1.807, 2.05) is 25.1 Å². The van der Waals surface area contributed by atoms with E-state index < -0.39 is 6.10 Å². The third-order valence-electron chi connectivity index (χ3n) is 5.23. The average Bonchev–Trinajstić information content (AvgIpc) is 3.19. The summed E-state index contributed by atoms with van der Waals surface area (Å²) in [5.74, 6) is 1.03. The highest BCUT2D eigenvalue weighted by atomic mass is 16.5. The van der Waals surface area contributed by atoms with Crippen LogP contribution in [0.1, 0.15) is 48.1 Å². The van der Waals surface area contributed by atoms with Crippen LogP contribution in [0.3, 0.4) is 0 Å². The first kappa shape index (κ1) is 20.2. The number of hydrogen-bond donors (Lipinski definition) is 2. The molecule has 2 aliphatic rings. The molecular formula is C23H26N2O5. The van der Waals surface area contributed by atoms with Crippen molar-refractivity contribution in [2.45, 2.75) is 38.3 Å². The Bertz CT molecular complexity index is 924. The molecule has 2 heterocycles. The molecule has 2 aromatic carbocycles. The molecule has 7 heteroatoms. The number of carbonyl (C=O) groups is 2. The summed E-state index contributed by atoms with van der Waals surface area (Å²) in [5.41, 5.74) is 1.98. The van der Waals surface area contributed by atoms with Gasteiger partial charge in [-0.2, -0.15) is 0 Å². The van der Waals surface area contributed by atoms with Crippen molar-refractivity contribution in [3.05, 3.63) is 53.6 Å². The zero-order valence-corrected chi connectivity index (χ0v) is 17.0.